The van der Waals surface area contributed by atoms with Crippen LogP contribution < -0.4 is 10.0 Å². The number of sulfonamides is 1. The first-order valence-corrected chi connectivity index (χ1v) is 10.6. The Morgan fingerprint density at radius 2 is 1.70 bits per heavy atom. The fourth-order valence-electron chi connectivity index (χ4n) is 2.66. The molecule has 5 nitrogen and oxygen atoms in total. The standard InChI is InChI=1S/C21H17ClF2N2O3S/c1-13-10-14(2-9-19(13)24)12-25-21(27)15-3-8-18(22)20(11-15)26-30(28,29)17-6-4-16(23)5-7-17/h2-11,26H,12H2,1H3,(H,25,27). The zero-order valence-electron chi connectivity index (χ0n) is 15.7. The van der Waals surface area contributed by atoms with Crippen molar-refractivity contribution in [1.82, 2.24) is 5.32 Å². The van der Waals surface area contributed by atoms with Gasteiger partial charge in [-0.15, -0.1) is 0 Å². The topological polar surface area (TPSA) is 75.3 Å². The Hall–Kier alpha value is -2.97. The van der Waals surface area contributed by atoms with Crippen molar-refractivity contribution in [3.63, 3.8) is 0 Å². The van der Waals surface area contributed by atoms with Crippen LogP contribution in [0.3, 0.4) is 0 Å². The molecule has 3 rings (SSSR count). The zero-order valence-corrected chi connectivity index (χ0v) is 17.3. The van der Waals surface area contributed by atoms with Gasteiger partial charge in [-0.05, 0) is 66.6 Å². The third-order valence-corrected chi connectivity index (χ3v) is 5.98. The summed E-state index contributed by atoms with van der Waals surface area (Å²) in [5, 5.41) is 2.78. The number of halogens is 3. The molecule has 30 heavy (non-hydrogen) atoms. The summed E-state index contributed by atoms with van der Waals surface area (Å²) < 4.78 is 53.7. The fraction of sp³-hybridized carbons (Fsp3) is 0.0952. The van der Waals surface area contributed by atoms with E-state index in [9.17, 15) is 22.0 Å². The van der Waals surface area contributed by atoms with Crippen molar-refractivity contribution in [3.8, 4) is 0 Å². The monoisotopic (exact) mass is 450 g/mol. The molecule has 9 heteroatoms. The van der Waals surface area contributed by atoms with Crippen molar-refractivity contribution in [2.24, 2.45) is 0 Å². The lowest BCUT2D eigenvalue weighted by molar-refractivity contribution is 0.0951. The van der Waals surface area contributed by atoms with E-state index in [0.717, 1.165) is 24.3 Å². The van der Waals surface area contributed by atoms with E-state index in [-0.39, 0.29) is 33.5 Å². The maximum absolute atomic E-state index is 13.3. The van der Waals surface area contributed by atoms with Crippen LogP contribution in [0.15, 0.2) is 65.6 Å². The molecule has 0 saturated carbocycles. The van der Waals surface area contributed by atoms with Crippen LogP contribution in [0.1, 0.15) is 21.5 Å². The largest absolute Gasteiger partial charge is 0.348 e. The van der Waals surface area contributed by atoms with Gasteiger partial charge >= 0.3 is 0 Å². The molecule has 156 valence electrons. The third kappa shape index (κ3) is 5.14. The summed E-state index contributed by atoms with van der Waals surface area (Å²) in [7, 11) is -4.03. The van der Waals surface area contributed by atoms with E-state index in [1.54, 1.807) is 19.1 Å². The molecule has 0 radical (unpaired) electrons. The van der Waals surface area contributed by atoms with E-state index >= 15 is 0 Å². The number of hydrogen-bond donors (Lipinski definition) is 2. The number of carbonyl (C=O) groups is 1. The van der Waals surface area contributed by atoms with Gasteiger partial charge in [-0.1, -0.05) is 23.7 Å². The van der Waals surface area contributed by atoms with E-state index in [1.807, 2.05) is 0 Å². The molecular weight excluding hydrogens is 434 g/mol. The predicted octanol–water partition coefficient (Wildman–Crippen LogP) is 4.66. The minimum Gasteiger partial charge on any atom is -0.348 e. The summed E-state index contributed by atoms with van der Waals surface area (Å²) in [4.78, 5) is 12.3. The molecule has 0 heterocycles. The van der Waals surface area contributed by atoms with E-state index in [0.29, 0.717) is 11.1 Å². The number of amides is 1. The Morgan fingerprint density at radius 3 is 2.37 bits per heavy atom. The van der Waals surface area contributed by atoms with E-state index in [2.05, 4.69) is 10.0 Å². The minimum absolute atomic E-state index is 0.00580. The van der Waals surface area contributed by atoms with Crippen molar-refractivity contribution in [2.75, 3.05) is 4.72 Å². The van der Waals surface area contributed by atoms with Gasteiger partial charge in [-0.25, -0.2) is 17.2 Å². The summed E-state index contributed by atoms with van der Waals surface area (Å²) in [6.45, 7) is 1.79. The molecule has 0 aliphatic rings. The average molecular weight is 451 g/mol. The molecule has 1 amide bonds. The lowest BCUT2D eigenvalue weighted by atomic mass is 10.1. The first kappa shape index (κ1) is 21.7. The van der Waals surface area contributed by atoms with Crippen LogP contribution in [0.5, 0.6) is 0 Å². The Kier molecular flexibility index (Phi) is 6.38. The van der Waals surface area contributed by atoms with Crippen LogP contribution in [0.25, 0.3) is 0 Å². The van der Waals surface area contributed by atoms with Crippen molar-refractivity contribution in [2.45, 2.75) is 18.4 Å². The SMILES string of the molecule is Cc1cc(CNC(=O)c2ccc(Cl)c(NS(=O)(=O)c3ccc(F)cc3)c2)ccc1F. The number of rotatable bonds is 6. The summed E-state index contributed by atoms with van der Waals surface area (Å²) in [6.07, 6.45) is 0. The van der Waals surface area contributed by atoms with Crippen molar-refractivity contribution in [3.05, 3.63) is 94.0 Å². The Labute approximate surface area is 177 Å². The number of aryl methyl sites for hydroxylation is 1. The molecule has 0 unspecified atom stereocenters. The van der Waals surface area contributed by atoms with Crippen LogP contribution in [0, 0.1) is 18.6 Å². The van der Waals surface area contributed by atoms with Gasteiger partial charge in [0.15, 0.2) is 0 Å². The number of nitrogens with one attached hydrogen (secondary N) is 2. The van der Waals surface area contributed by atoms with Gasteiger partial charge in [-0.3, -0.25) is 9.52 Å². The maximum Gasteiger partial charge on any atom is 0.261 e. The maximum atomic E-state index is 13.3. The number of carbonyl (C=O) groups excluding carboxylic acids is 1. The molecule has 0 atom stereocenters. The first-order valence-electron chi connectivity index (χ1n) is 8.77. The van der Waals surface area contributed by atoms with Crippen LogP contribution in [-0.2, 0) is 16.6 Å². The highest BCUT2D eigenvalue weighted by molar-refractivity contribution is 7.92. The van der Waals surface area contributed by atoms with E-state index in [4.69, 9.17) is 11.6 Å². The van der Waals surface area contributed by atoms with Gasteiger partial charge in [0.2, 0.25) is 0 Å². The number of anilines is 1. The van der Waals surface area contributed by atoms with Crippen LogP contribution in [0.2, 0.25) is 5.02 Å². The van der Waals surface area contributed by atoms with Gasteiger partial charge in [0.1, 0.15) is 11.6 Å². The quantitative estimate of drug-likeness (QED) is 0.573. The number of hydrogen-bond acceptors (Lipinski definition) is 3. The molecular formula is C21H17ClF2N2O3S. The Morgan fingerprint density at radius 1 is 1.00 bits per heavy atom. The van der Waals surface area contributed by atoms with Gasteiger partial charge in [0.25, 0.3) is 15.9 Å². The van der Waals surface area contributed by atoms with Gasteiger partial charge in [0, 0.05) is 12.1 Å². The molecule has 3 aromatic carbocycles. The molecule has 2 N–H and O–H groups in total. The molecule has 0 bridgehead atoms. The smallest absolute Gasteiger partial charge is 0.261 e. The van der Waals surface area contributed by atoms with Gasteiger partial charge in [0.05, 0.1) is 15.6 Å². The lowest BCUT2D eigenvalue weighted by Gasteiger charge is -2.12. The molecule has 0 aromatic heterocycles. The third-order valence-electron chi connectivity index (χ3n) is 4.27. The summed E-state index contributed by atoms with van der Waals surface area (Å²) in [5.41, 5.74) is 1.36. The highest BCUT2D eigenvalue weighted by Crippen LogP contribution is 2.26. The Bertz CT molecular complexity index is 1200. The highest BCUT2D eigenvalue weighted by Gasteiger charge is 2.17. The second-order valence-corrected chi connectivity index (χ2v) is 8.61. The van der Waals surface area contributed by atoms with E-state index in [1.165, 1.54) is 24.3 Å². The van der Waals surface area contributed by atoms with Crippen molar-refractivity contribution < 1.29 is 22.0 Å². The number of benzene rings is 3. The first-order chi connectivity index (χ1) is 14.2. The second kappa shape index (κ2) is 8.81. The van der Waals surface area contributed by atoms with Crippen molar-refractivity contribution in [1.29, 1.82) is 0 Å². The molecule has 0 aliphatic heterocycles. The molecule has 0 fully saturated rings. The highest BCUT2D eigenvalue weighted by atomic mass is 35.5. The average Bonchev–Trinajstić information content (AvgIpc) is 2.70. The molecule has 0 spiro atoms. The van der Waals surface area contributed by atoms with E-state index < -0.39 is 21.7 Å². The van der Waals surface area contributed by atoms with Crippen molar-refractivity contribution >= 4 is 33.2 Å². The fourth-order valence-corrected chi connectivity index (χ4v) is 3.95. The molecule has 0 aliphatic carbocycles. The normalized spacial score (nSPS) is 11.2. The summed E-state index contributed by atoms with van der Waals surface area (Å²) in [6, 6.07) is 12.9. The lowest BCUT2D eigenvalue weighted by Crippen LogP contribution is -2.23. The van der Waals surface area contributed by atoms with Crippen LogP contribution in [0.4, 0.5) is 14.5 Å². The molecule has 0 saturated heterocycles. The Balaban J connectivity index is 1.76. The summed E-state index contributed by atoms with van der Waals surface area (Å²) >= 11 is 6.07. The second-order valence-electron chi connectivity index (χ2n) is 6.52. The van der Waals surface area contributed by atoms with Gasteiger partial charge in [-0.2, -0.15) is 0 Å². The van der Waals surface area contributed by atoms with Crippen LogP contribution >= 0.6 is 11.6 Å². The molecule has 3 aromatic rings. The van der Waals surface area contributed by atoms with Gasteiger partial charge < -0.3 is 5.32 Å². The summed E-state index contributed by atoms with van der Waals surface area (Å²) in [5.74, 6) is -1.36. The predicted molar refractivity (Wildman–Crippen MR) is 111 cm³/mol. The minimum atomic E-state index is -4.03. The zero-order chi connectivity index (χ0) is 21.9. The van der Waals surface area contributed by atoms with Crippen LogP contribution in [-0.4, -0.2) is 14.3 Å².